The van der Waals surface area contributed by atoms with Crippen LogP contribution >= 0.6 is 0 Å². The smallest absolute Gasteiger partial charge is 0.326 e. The number of carbonyl (C=O) groups is 3. The number of hydrogen-bond acceptors (Lipinski definition) is 8. The number of carboxylic acids is 1. The van der Waals surface area contributed by atoms with Gasteiger partial charge in [-0.1, -0.05) is 27.7 Å². The molecule has 1 saturated heterocycles. The molecule has 212 valence electrons. The quantitative estimate of drug-likeness (QED) is 0.258. The Labute approximate surface area is 230 Å². The third-order valence-corrected chi connectivity index (χ3v) is 6.61. The van der Waals surface area contributed by atoms with E-state index in [9.17, 15) is 19.5 Å². The molecule has 0 unspecified atom stereocenters. The van der Waals surface area contributed by atoms with Crippen LogP contribution in [0.4, 0.5) is 11.6 Å². The molecule has 0 spiro atoms. The van der Waals surface area contributed by atoms with Gasteiger partial charge >= 0.3 is 5.97 Å². The van der Waals surface area contributed by atoms with Crippen LogP contribution in [-0.4, -0.2) is 63.0 Å². The van der Waals surface area contributed by atoms with E-state index in [4.69, 9.17) is 0 Å². The van der Waals surface area contributed by atoms with Crippen molar-refractivity contribution in [3.8, 4) is 0 Å². The summed E-state index contributed by atoms with van der Waals surface area (Å²) in [6.45, 7) is 9.72. The number of rotatable bonds is 13. The molecule has 0 aromatic carbocycles. The number of piperidine rings is 1. The first-order chi connectivity index (χ1) is 18.6. The van der Waals surface area contributed by atoms with E-state index in [2.05, 4.69) is 36.2 Å². The number of hydrogen-bond donors (Lipinski definition) is 5. The summed E-state index contributed by atoms with van der Waals surface area (Å²) in [5.41, 5.74) is 1.26. The summed E-state index contributed by atoms with van der Waals surface area (Å²) >= 11 is 0. The molecule has 3 rings (SSSR count). The molecule has 1 fully saturated rings. The van der Waals surface area contributed by atoms with Gasteiger partial charge in [0.1, 0.15) is 30.0 Å². The van der Waals surface area contributed by atoms with Crippen LogP contribution in [0.1, 0.15) is 69.4 Å². The number of pyridine rings is 1. The van der Waals surface area contributed by atoms with Gasteiger partial charge < -0.3 is 26.4 Å². The average Bonchev–Trinajstić information content (AvgIpc) is 2.88. The molecule has 2 aromatic heterocycles. The minimum absolute atomic E-state index is 0.0890. The molecule has 0 bridgehead atoms. The number of nitrogens with one attached hydrogen (secondary N) is 4. The summed E-state index contributed by atoms with van der Waals surface area (Å²) in [4.78, 5) is 50.5. The molecule has 5 N–H and O–H groups in total. The van der Waals surface area contributed by atoms with Crippen LogP contribution < -0.4 is 21.3 Å². The van der Waals surface area contributed by atoms with E-state index < -0.39 is 29.9 Å². The molecular weight excluding hydrogens is 498 g/mol. The lowest BCUT2D eigenvalue weighted by molar-refractivity contribution is -0.142. The van der Waals surface area contributed by atoms with Crippen molar-refractivity contribution in [3.05, 3.63) is 42.0 Å². The van der Waals surface area contributed by atoms with Gasteiger partial charge in [0.05, 0.1) is 5.56 Å². The zero-order valence-electron chi connectivity index (χ0n) is 23.2. The molecular formula is C28H41N7O4. The summed E-state index contributed by atoms with van der Waals surface area (Å²) < 4.78 is 0. The Balaban J connectivity index is 1.61. The van der Waals surface area contributed by atoms with Crippen LogP contribution in [0.15, 0.2) is 30.7 Å². The van der Waals surface area contributed by atoms with Gasteiger partial charge in [-0.3, -0.25) is 9.59 Å². The van der Waals surface area contributed by atoms with E-state index in [1.54, 1.807) is 12.1 Å². The predicted octanol–water partition coefficient (Wildman–Crippen LogP) is 2.92. The molecule has 39 heavy (non-hydrogen) atoms. The van der Waals surface area contributed by atoms with Gasteiger partial charge in [-0.2, -0.15) is 0 Å². The number of aromatic nitrogens is 3. The zero-order chi connectivity index (χ0) is 28.4. The molecule has 2 aromatic rings. The second kappa shape index (κ2) is 14.5. The first kappa shape index (κ1) is 29.9. The van der Waals surface area contributed by atoms with Crippen molar-refractivity contribution < 1.29 is 19.5 Å². The lowest BCUT2D eigenvalue weighted by Gasteiger charge is -2.23. The average molecular weight is 540 g/mol. The van der Waals surface area contributed by atoms with Gasteiger partial charge in [-0.15, -0.1) is 0 Å². The van der Waals surface area contributed by atoms with Crippen molar-refractivity contribution in [2.24, 2.45) is 17.8 Å². The fourth-order valence-corrected chi connectivity index (χ4v) is 4.60. The molecule has 1 aliphatic heterocycles. The maximum atomic E-state index is 12.9. The van der Waals surface area contributed by atoms with Gasteiger partial charge in [-0.05, 0) is 75.1 Å². The molecule has 1 aliphatic rings. The first-order valence-corrected chi connectivity index (χ1v) is 13.7. The van der Waals surface area contributed by atoms with E-state index in [1.165, 1.54) is 12.5 Å². The number of aliphatic carboxylic acids is 1. The zero-order valence-corrected chi connectivity index (χ0v) is 23.2. The van der Waals surface area contributed by atoms with Crippen molar-refractivity contribution in [1.82, 2.24) is 30.9 Å². The van der Waals surface area contributed by atoms with E-state index in [1.807, 2.05) is 33.8 Å². The van der Waals surface area contributed by atoms with Crippen LogP contribution in [0.2, 0.25) is 0 Å². The van der Waals surface area contributed by atoms with Gasteiger partial charge in [0, 0.05) is 18.0 Å². The van der Waals surface area contributed by atoms with E-state index >= 15 is 0 Å². The fourth-order valence-electron chi connectivity index (χ4n) is 4.60. The Kier molecular flexibility index (Phi) is 11.2. The first-order valence-electron chi connectivity index (χ1n) is 13.7. The topological polar surface area (TPSA) is 158 Å². The van der Waals surface area contributed by atoms with Crippen LogP contribution in [0, 0.1) is 17.8 Å². The van der Waals surface area contributed by atoms with E-state index in [-0.39, 0.29) is 17.4 Å². The molecule has 0 radical (unpaired) electrons. The van der Waals surface area contributed by atoms with Crippen LogP contribution in [0.25, 0.3) is 0 Å². The van der Waals surface area contributed by atoms with Crippen LogP contribution in [0.5, 0.6) is 0 Å². The molecule has 3 heterocycles. The Morgan fingerprint density at radius 3 is 2.26 bits per heavy atom. The molecule has 0 saturated carbocycles. The second-order valence-electron chi connectivity index (χ2n) is 11.0. The van der Waals surface area contributed by atoms with Crippen LogP contribution in [0.3, 0.4) is 0 Å². The normalized spacial score (nSPS) is 15.5. The predicted molar refractivity (Wildman–Crippen MR) is 149 cm³/mol. The van der Waals surface area contributed by atoms with Gasteiger partial charge in [0.15, 0.2) is 0 Å². The summed E-state index contributed by atoms with van der Waals surface area (Å²) in [5, 5.41) is 21.3. The molecule has 2 atom stereocenters. The molecule has 2 amide bonds. The monoisotopic (exact) mass is 539 g/mol. The van der Waals surface area contributed by atoms with Crippen molar-refractivity contribution >= 4 is 29.4 Å². The number of carboxylic acid groups (broad SMARTS) is 1. The van der Waals surface area contributed by atoms with Crippen LogP contribution in [-0.2, 0) is 16.0 Å². The van der Waals surface area contributed by atoms with E-state index in [0.717, 1.165) is 38.0 Å². The summed E-state index contributed by atoms with van der Waals surface area (Å²) in [6, 6.07) is 3.32. The number of amides is 2. The largest absolute Gasteiger partial charge is 0.480 e. The number of anilines is 2. The maximum absolute atomic E-state index is 12.9. The van der Waals surface area contributed by atoms with Crippen molar-refractivity contribution in [2.75, 3.05) is 18.4 Å². The highest BCUT2D eigenvalue weighted by atomic mass is 16.4. The highest BCUT2D eigenvalue weighted by Gasteiger charge is 2.28. The lowest BCUT2D eigenvalue weighted by atomic mass is 9.93. The van der Waals surface area contributed by atoms with Crippen molar-refractivity contribution in [2.45, 2.75) is 71.9 Å². The highest BCUT2D eigenvalue weighted by Crippen LogP contribution is 2.19. The highest BCUT2D eigenvalue weighted by molar-refractivity contribution is 5.98. The SMILES string of the molecule is CC(C)C[C@H](NC(=O)[C@H](CC(C)C)NC(=O)c1ccc(Nc2cc(CC3CCNCC3)ncn2)nc1)C(=O)O. The Morgan fingerprint density at radius 2 is 1.64 bits per heavy atom. The summed E-state index contributed by atoms with van der Waals surface area (Å²) in [7, 11) is 0. The third kappa shape index (κ3) is 9.90. The summed E-state index contributed by atoms with van der Waals surface area (Å²) in [5.74, 6) is -0.123. The van der Waals surface area contributed by atoms with Crippen molar-refractivity contribution in [1.29, 1.82) is 0 Å². The summed E-state index contributed by atoms with van der Waals surface area (Å²) in [6.07, 6.45) is 6.81. The molecule has 11 heteroatoms. The minimum Gasteiger partial charge on any atom is -0.480 e. The fraction of sp³-hybridized carbons (Fsp3) is 0.571. The van der Waals surface area contributed by atoms with Crippen molar-refractivity contribution in [3.63, 3.8) is 0 Å². The third-order valence-electron chi connectivity index (χ3n) is 6.61. The van der Waals surface area contributed by atoms with Gasteiger partial charge in [0.2, 0.25) is 5.91 Å². The number of nitrogens with zero attached hydrogens (tertiary/aromatic N) is 3. The molecule has 0 aliphatic carbocycles. The second-order valence-corrected chi connectivity index (χ2v) is 11.0. The lowest BCUT2D eigenvalue weighted by Crippen LogP contribution is -2.52. The number of carbonyl (C=O) groups excluding carboxylic acids is 2. The van der Waals surface area contributed by atoms with Gasteiger partial charge in [-0.25, -0.2) is 19.7 Å². The van der Waals surface area contributed by atoms with Gasteiger partial charge in [0.25, 0.3) is 5.91 Å². The molecule has 11 nitrogen and oxygen atoms in total. The Bertz CT molecular complexity index is 1100. The standard InChI is InChI=1S/C28H41N7O4/c1-17(2)11-22(27(37)34-23(28(38)39)12-18(3)4)33-26(36)20-5-6-24(30-15-20)35-25-14-21(31-16-32-25)13-19-7-9-29-10-8-19/h5-6,14-19,22-23,29H,7-13H2,1-4H3,(H,33,36)(H,34,37)(H,38,39)(H,30,31,32,35)/t22-,23-/m0/s1. The minimum atomic E-state index is -1.10. The maximum Gasteiger partial charge on any atom is 0.326 e. The van der Waals surface area contributed by atoms with E-state index in [0.29, 0.717) is 30.4 Å². The Morgan fingerprint density at radius 1 is 0.949 bits per heavy atom. The Hall–Kier alpha value is -3.60.